The van der Waals surface area contributed by atoms with Gasteiger partial charge in [0, 0.05) is 24.6 Å². The highest BCUT2D eigenvalue weighted by Gasteiger charge is 2.13. The highest BCUT2D eigenvalue weighted by molar-refractivity contribution is 9.10. The van der Waals surface area contributed by atoms with Gasteiger partial charge in [0.15, 0.2) is 0 Å². The molecule has 0 unspecified atom stereocenters. The molecule has 1 atom stereocenters. The van der Waals surface area contributed by atoms with Crippen LogP contribution >= 0.6 is 15.9 Å². The molecular weight excluding hydrogens is 304 g/mol. The van der Waals surface area contributed by atoms with Crippen LogP contribution in [0.5, 0.6) is 0 Å². The Labute approximate surface area is 124 Å². The molecule has 1 aliphatic heterocycles. The fourth-order valence-electron chi connectivity index (χ4n) is 2.51. The smallest absolute Gasteiger partial charge is 0.0762 e. The van der Waals surface area contributed by atoms with E-state index in [4.69, 9.17) is 0 Å². The van der Waals surface area contributed by atoms with E-state index in [1.807, 2.05) is 12.1 Å². The number of anilines is 1. The van der Waals surface area contributed by atoms with E-state index in [0.717, 1.165) is 23.1 Å². The fourth-order valence-corrected chi connectivity index (χ4v) is 3.21. The minimum absolute atomic E-state index is 0.416. The summed E-state index contributed by atoms with van der Waals surface area (Å²) in [7, 11) is 2.12. The van der Waals surface area contributed by atoms with Crippen LogP contribution in [0.15, 0.2) is 22.7 Å². The first-order valence-electron chi connectivity index (χ1n) is 6.99. The van der Waals surface area contributed by atoms with Gasteiger partial charge < -0.3 is 14.9 Å². The van der Waals surface area contributed by atoms with Gasteiger partial charge in [-0.2, -0.15) is 0 Å². The molecule has 3 nitrogen and oxygen atoms in total. The monoisotopic (exact) mass is 326 g/mol. The van der Waals surface area contributed by atoms with Crippen LogP contribution in [0.4, 0.5) is 5.69 Å². The van der Waals surface area contributed by atoms with Gasteiger partial charge in [-0.05, 0) is 66.5 Å². The van der Waals surface area contributed by atoms with Crippen molar-refractivity contribution in [1.29, 1.82) is 0 Å². The lowest BCUT2D eigenvalue weighted by molar-refractivity contribution is 0.199. The third kappa shape index (κ3) is 3.94. The maximum Gasteiger partial charge on any atom is 0.0762 e. The molecule has 1 saturated heterocycles. The Kier molecular flexibility index (Phi) is 5.25. The molecule has 1 fully saturated rings. The Bertz CT molecular complexity index is 417. The van der Waals surface area contributed by atoms with Crippen LogP contribution in [0.2, 0.25) is 0 Å². The molecule has 106 valence electrons. The number of benzene rings is 1. The molecule has 0 saturated carbocycles. The van der Waals surface area contributed by atoms with E-state index in [-0.39, 0.29) is 0 Å². The van der Waals surface area contributed by atoms with Gasteiger partial charge >= 0.3 is 0 Å². The van der Waals surface area contributed by atoms with Gasteiger partial charge in [-0.15, -0.1) is 0 Å². The minimum Gasteiger partial charge on any atom is -0.389 e. The van der Waals surface area contributed by atoms with Gasteiger partial charge in [-0.1, -0.05) is 6.07 Å². The average Bonchev–Trinajstić information content (AvgIpc) is 2.88. The predicted molar refractivity (Wildman–Crippen MR) is 83.7 cm³/mol. The molecule has 0 radical (unpaired) electrons. The number of hydrogen-bond acceptors (Lipinski definition) is 3. The van der Waals surface area contributed by atoms with Gasteiger partial charge in [0.05, 0.1) is 11.8 Å². The van der Waals surface area contributed by atoms with E-state index in [1.54, 1.807) is 6.92 Å². The number of likely N-dealkylation sites (N-methyl/N-ethyl adjacent to an activating group) is 1. The zero-order chi connectivity index (χ0) is 13.8. The molecule has 0 aromatic heterocycles. The lowest BCUT2D eigenvalue weighted by Crippen LogP contribution is -2.31. The molecular formula is C15H23BrN2O. The molecule has 1 aromatic carbocycles. The van der Waals surface area contributed by atoms with Gasteiger partial charge in [0.25, 0.3) is 0 Å². The highest BCUT2D eigenvalue weighted by Crippen LogP contribution is 2.28. The van der Waals surface area contributed by atoms with Crippen LogP contribution in [0.25, 0.3) is 0 Å². The molecule has 2 rings (SSSR count). The first-order chi connectivity index (χ1) is 9.08. The standard InChI is InChI=1S/C15H23BrN2O/c1-12(19)13-5-6-15(14(16)11-13)17(2)9-10-18-7-3-4-8-18/h5-6,11-12,19H,3-4,7-10H2,1-2H3/t12-/m1/s1. The first kappa shape index (κ1) is 14.8. The molecule has 1 aliphatic rings. The summed E-state index contributed by atoms with van der Waals surface area (Å²) in [5.74, 6) is 0. The molecule has 1 aromatic rings. The second kappa shape index (κ2) is 6.73. The van der Waals surface area contributed by atoms with Crippen LogP contribution in [0, 0.1) is 0 Å². The molecule has 1 N–H and O–H groups in total. The van der Waals surface area contributed by atoms with Crippen LogP contribution in [0.1, 0.15) is 31.4 Å². The van der Waals surface area contributed by atoms with E-state index in [0.29, 0.717) is 0 Å². The first-order valence-corrected chi connectivity index (χ1v) is 7.78. The van der Waals surface area contributed by atoms with Gasteiger partial charge in [0.2, 0.25) is 0 Å². The van der Waals surface area contributed by atoms with E-state index in [1.165, 1.54) is 31.6 Å². The Morgan fingerprint density at radius 3 is 2.63 bits per heavy atom. The number of likely N-dealkylation sites (tertiary alicyclic amines) is 1. The summed E-state index contributed by atoms with van der Waals surface area (Å²) in [6.07, 6.45) is 2.27. The molecule has 0 amide bonds. The van der Waals surface area contributed by atoms with Crippen molar-refractivity contribution in [2.45, 2.75) is 25.9 Å². The molecule has 0 bridgehead atoms. The van der Waals surface area contributed by atoms with Crippen molar-refractivity contribution in [2.75, 3.05) is 38.1 Å². The van der Waals surface area contributed by atoms with E-state index >= 15 is 0 Å². The molecule has 0 aliphatic carbocycles. The van der Waals surface area contributed by atoms with Crippen LogP contribution < -0.4 is 4.90 Å². The number of nitrogens with zero attached hydrogens (tertiary/aromatic N) is 2. The zero-order valence-electron chi connectivity index (χ0n) is 11.8. The molecule has 0 spiro atoms. The van der Waals surface area contributed by atoms with Crippen molar-refractivity contribution < 1.29 is 5.11 Å². The largest absolute Gasteiger partial charge is 0.389 e. The lowest BCUT2D eigenvalue weighted by Gasteiger charge is -2.24. The van der Waals surface area contributed by atoms with Gasteiger partial charge in [0.1, 0.15) is 0 Å². The fraction of sp³-hybridized carbons (Fsp3) is 0.600. The van der Waals surface area contributed by atoms with Crippen molar-refractivity contribution in [3.8, 4) is 0 Å². The molecule has 19 heavy (non-hydrogen) atoms. The number of hydrogen-bond donors (Lipinski definition) is 1. The summed E-state index contributed by atoms with van der Waals surface area (Å²) in [5.41, 5.74) is 2.13. The van der Waals surface area contributed by atoms with Crippen LogP contribution in [0.3, 0.4) is 0 Å². The Hall–Kier alpha value is -0.580. The number of aliphatic hydroxyl groups is 1. The van der Waals surface area contributed by atoms with E-state index < -0.39 is 6.10 Å². The summed E-state index contributed by atoms with van der Waals surface area (Å²) >= 11 is 3.60. The van der Waals surface area contributed by atoms with Crippen molar-refractivity contribution in [3.05, 3.63) is 28.2 Å². The number of rotatable bonds is 5. The van der Waals surface area contributed by atoms with Crippen LogP contribution in [-0.2, 0) is 0 Å². The summed E-state index contributed by atoms with van der Waals surface area (Å²) in [6.45, 7) is 6.44. The van der Waals surface area contributed by atoms with Crippen molar-refractivity contribution in [3.63, 3.8) is 0 Å². The predicted octanol–water partition coefficient (Wildman–Crippen LogP) is 3.03. The van der Waals surface area contributed by atoms with Crippen molar-refractivity contribution in [1.82, 2.24) is 4.90 Å². The minimum atomic E-state index is -0.416. The van der Waals surface area contributed by atoms with E-state index in [2.05, 4.69) is 38.8 Å². The normalized spacial score (nSPS) is 17.7. The maximum atomic E-state index is 9.58. The maximum absolute atomic E-state index is 9.58. The average molecular weight is 327 g/mol. The quantitative estimate of drug-likeness (QED) is 0.900. The molecule has 1 heterocycles. The second-order valence-corrected chi connectivity index (χ2v) is 6.21. The molecule has 4 heteroatoms. The zero-order valence-corrected chi connectivity index (χ0v) is 13.4. The Morgan fingerprint density at radius 2 is 2.05 bits per heavy atom. The van der Waals surface area contributed by atoms with Gasteiger partial charge in [-0.25, -0.2) is 0 Å². The summed E-state index contributed by atoms with van der Waals surface area (Å²) in [4.78, 5) is 4.79. The third-order valence-electron chi connectivity index (χ3n) is 3.82. The summed E-state index contributed by atoms with van der Waals surface area (Å²) in [5, 5.41) is 9.58. The van der Waals surface area contributed by atoms with Crippen molar-refractivity contribution >= 4 is 21.6 Å². The highest BCUT2D eigenvalue weighted by atomic mass is 79.9. The van der Waals surface area contributed by atoms with Crippen molar-refractivity contribution in [2.24, 2.45) is 0 Å². The lowest BCUT2D eigenvalue weighted by atomic mass is 10.1. The number of aliphatic hydroxyl groups excluding tert-OH is 1. The summed E-state index contributed by atoms with van der Waals surface area (Å²) < 4.78 is 1.05. The SMILES string of the molecule is C[C@@H](O)c1ccc(N(C)CCN2CCCC2)c(Br)c1. The topological polar surface area (TPSA) is 26.7 Å². The Morgan fingerprint density at radius 1 is 1.37 bits per heavy atom. The van der Waals surface area contributed by atoms with Crippen LogP contribution in [-0.4, -0.2) is 43.2 Å². The summed E-state index contributed by atoms with van der Waals surface area (Å²) in [6, 6.07) is 6.08. The Balaban J connectivity index is 1.96. The van der Waals surface area contributed by atoms with E-state index in [9.17, 15) is 5.11 Å². The van der Waals surface area contributed by atoms with Gasteiger partial charge in [-0.3, -0.25) is 0 Å². The second-order valence-electron chi connectivity index (χ2n) is 5.36. The third-order valence-corrected chi connectivity index (χ3v) is 4.45. The number of halogens is 1.